The zero-order valence-corrected chi connectivity index (χ0v) is 15.2. The molecule has 1 unspecified atom stereocenters. The topological polar surface area (TPSA) is 39.2 Å². The number of hydrogen-bond acceptors (Lipinski definition) is 5. The number of aryl methyl sites for hydroxylation is 1. The second-order valence-electron chi connectivity index (χ2n) is 5.85. The lowest BCUT2D eigenvalue weighted by atomic mass is 10.2. The van der Waals surface area contributed by atoms with E-state index in [0.717, 1.165) is 11.1 Å². The molecule has 1 saturated heterocycles. The molecule has 11 heteroatoms. The van der Waals surface area contributed by atoms with Crippen molar-refractivity contribution >= 4 is 29.1 Å². The minimum absolute atomic E-state index is 0.227. The van der Waals surface area contributed by atoms with Crippen LogP contribution >= 0.6 is 23.1 Å². The fraction of sp³-hybridized carbons (Fsp3) is 0.375. The predicted molar refractivity (Wildman–Crippen MR) is 88.3 cm³/mol. The Labute approximate surface area is 157 Å². The highest BCUT2D eigenvalue weighted by Gasteiger charge is 2.78. The molecule has 2 heterocycles. The van der Waals surface area contributed by atoms with Crippen LogP contribution in [0.3, 0.4) is 0 Å². The Kier molecular flexibility index (Phi) is 4.96. The van der Waals surface area contributed by atoms with E-state index in [1.807, 2.05) is 19.1 Å². The fourth-order valence-electron chi connectivity index (χ4n) is 2.43. The quantitative estimate of drug-likeness (QED) is 0.502. The number of benzene rings is 1. The molecule has 1 fully saturated rings. The van der Waals surface area contributed by atoms with E-state index in [2.05, 4.69) is 9.72 Å². The molecule has 3 nitrogen and oxygen atoms in total. The van der Waals surface area contributed by atoms with Gasteiger partial charge in [-0.25, -0.2) is 4.98 Å². The Morgan fingerprint density at radius 2 is 1.70 bits per heavy atom. The highest BCUT2D eigenvalue weighted by molar-refractivity contribution is 8.02. The van der Waals surface area contributed by atoms with Crippen molar-refractivity contribution in [3.63, 3.8) is 0 Å². The second-order valence-corrected chi connectivity index (χ2v) is 8.09. The van der Waals surface area contributed by atoms with Crippen molar-refractivity contribution in [1.82, 2.24) is 4.98 Å². The van der Waals surface area contributed by atoms with Gasteiger partial charge in [0.2, 0.25) is 0 Å². The third kappa shape index (κ3) is 3.66. The Hall–Kier alpha value is -1.75. The monoisotopic (exact) mass is 427 g/mol. The molecule has 0 amide bonds. The van der Waals surface area contributed by atoms with Gasteiger partial charge in [-0.15, -0.1) is 11.3 Å². The number of carbonyl (C=O) groups excluding carboxylic acids is 1. The number of esters is 1. The first-order valence-electron chi connectivity index (χ1n) is 7.48. The van der Waals surface area contributed by atoms with Gasteiger partial charge in [-0.3, -0.25) is 4.79 Å². The molecule has 1 aliphatic rings. The van der Waals surface area contributed by atoms with Gasteiger partial charge in [-0.1, -0.05) is 41.6 Å². The summed E-state index contributed by atoms with van der Waals surface area (Å²) in [4.78, 5) is 11.4. The second kappa shape index (κ2) is 6.69. The molecular weight excluding hydrogens is 416 g/mol. The molecule has 0 spiro atoms. The van der Waals surface area contributed by atoms with Crippen LogP contribution in [0.4, 0.5) is 26.3 Å². The van der Waals surface area contributed by atoms with E-state index in [4.69, 9.17) is 0 Å². The van der Waals surface area contributed by atoms with Gasteiger partial charge in [0, 0.05) is 17.4 Å². The summed E-state index contributed by atoms with van der Waals surface area (Å²) in [5, 5.41) is 0.407. The summed E-state index contributed by atoms with van der Waals surface area (Å²) in [6, 6.07) is 7.30. The van der Waals surface area contributed by atoms with Crippen molar-refractivity contribution in [3.05, 3.63) is 40.9 Å². The molecule has 146 valence electrons. The summed E-state index contributed by atoms with van der Waals surface area (Å²) in [7, 11) is 0. The van der Waals surface area contributed by atoms with Crippen molar-refractivity contribution < 1.29 is 35.9 Å². The standard InChI is InChI=1S/C16H11F6NO2S2/c1-8-2-4-9(5-3-8)12-23-10(7-26-12)6-11-13(24)25-14(27-11,15(17,18)19)16(20,21)22/h2-5,7,11H,6H2,1H3. The lowest BCUT2D eigenvalue weighted by Crippen LogP contribution is -2.54. The highest BCUT2D eigenvalue weighted by atomic mass is 32.2. The molecule has 0 radical (unpaired) electrons. The molecule has 3 rings (SSSR count). The van der Waals surface area contributed by atoms with E-state index in [1.165, 1.54) is 16.7 Å². The first kappa shape index (κ1) is 20.0. The van der Waals surface area contributed by atoms with Crippen molar-refractivity contribution in [1.29, 1.82) is 0 Å². The molecule has 1 aromatic carbocycles. The minimum Gasteiger partial charge on any atom is -0.428 e. The number of ether oxygens (including phenoxy) is 1. The van der Waals surface area contributed by atoms with Crippen LogP contribution in [0.1, 0.15) is 11.3 Å². The van der Waals surface area contributed by atoms with Gasteiger partial charge in [-0.2, -0.15) is 26.3 Å². The van der Waals surface area contributed by atoms with Crippen LogP contribution in [0.5, 0.6) is 0 Å². The van der Waals surface area contributed by atoms with Crippen molar-refractivity contribution in [2.24, 2.45) is 0 Å². The summed E-state index contributed by atoms with van der Waals surface area (Å²) in [6.07, 6.45) is -12.0. The van der Waals surface area contributed by atoms with Crippen molar-refractivity contribution in [2.75, 3.05) is 0 Å². The number of aromatic nitrogens is 1. The van der Waals surface area contributed by atoms with Crippen molar-refractivity contribution in [2.45, 2.75) is 35.9 Å². The third-order valence-electron chi connectivity index (χ3n) is 3.81. The smallest absolute Gasteiger partial charge is 0.428 e. The molecular formula is C16H11F6NO2S2. The lowest BCUT2D eigenvalue weighted by Gasteiger charge is -2.30. The van der Waals surface area contributed by atoms with Crippen LogP contribution in [0.2, 0.25) is 0 Å². The lowest BCUT2D eigenvalue weighted by molar-refractivity contribution is -0.327. The largest absolute Gasteiger partial charge is 0.448 e. The Morgan fingerprint density at radius 1 is 1.11 bits per heavy atom. The average molecular weight is 427 g/mol. The summed E-state index contributed by atoms with van der Waals surface area (Å²) >= 11 is 0.612. The first-order valence-corrected chi connectivity index (χ1v) is 9.24. The van der Waals surface area contributed by atoms with Gasteiger partial charge in [0.1, 0.15) is 10.3 Å². The van der Waals surface area contributed by atoms with Gasteiger partial charge in [0.15, 0.2) is 0 Å². The van der Waals surface area contributed by atoms with Crippen molar-refractivity contribution in [3.8, 4) is 10.6 Å². The number of hydrogen-bond donors (Lipinski definition) is 0. The number of thioether (sulfide) groups is 1. The average Bonchev–Trinajstić information content (AvgIpc) is 3.13. The van der Waals surface area contributed by atoms with Crippen LogP contribution in [0, 0.1) is 6.92 Å². The van der Waals surface area contributed by atoms with Gasteiger partial charge in [-0.05, 0) is 6.92 Å². The number of halogens is 6. The number of nitrogens with zero attached hydrogens (tertiary/aromatic N) is 1. The van der Waals surface area contributed by atoms with Gasteiger partial charge in [0.05, 0.1) is 5.69 Å². The normalized spacial score (nSPS) is 20.0. The van der Waals surface area contributed by atoms with E-state index >= 15 is 0 Å². The fourth-order valence-corrected chi connectivity index (χ4v) is 4.47. The van der Waals surface area contributed by atoms with Gasteiger partial charge in [0.25, 0.3) is 0 Å². The number of carbonyl (C=O) groups is 1. The van der Waals surface area contributed by atoms with Gasteiger partial charge < -0.3 is 4.74 Å². The van der Waals surface area contributed by atoms with Gasteiger partial charge >= 0.3 is 23.3 Å². The van der Waals surface area contributed by atoms with E-state index < -0.39 is 40.3 Å². The molecule has 0 bridgehead atoms. The third-order valence-corrected chi connectivity index (χ3v) is 6.27. The molecule has 1 atom stereocenters. The van der Waals surface area contributed by atoms with E-state index in [9.17, 15) is 31.1 Å². The minimum atomic E-state index is -5.78. The van der Waals surface area contributed by atoms with Crippen LogP contribution in [0.15, 0.2) is 29.6 Å². The highest BCUT2D eigenvalue weighted by Crippen LogP contribution is 2.58. The maximum Gasteiger partial charge on any atom is 0.448 e. The first-order chi connectivity index (χ1) is 12.4. The van der Waals surface area contributed by atoms with E-state index in [0.29, 0.717) is 5.01 Å². The summed E-state index contributed by atoms with van der Waals surface area (Å²) in [5.74, 6) is -1.56. The molecule has 1 aliphatic heterocycles. The maximum absolute atomic E-state index is 13.0. The Bertz CT molecular complexity index is 830. The Morgan fingerprint density at radius 3 is 2.22 bits per heavy atom. The zero-order valence-electron chi connectivity index (χ0n) is 13.5. The SMILES string of the molecule is Cc1ccc(-c2nc(CC3SC(C(F)(F)F)(C(F)(F)F)OC3=O)cs2)cc1. The summed E-state index contributed by atoms with van der Waals surface area (Å²) in [5.41, 5.74) is 2.01. The number of cyclic esters (lactones) is 1. The summed E-state index contributed by atoms with van der Waals surface area (Å²) < 4.78 is 82.0. The van der Waals surface area contributed by atoms with E-state index in [-0.39, 0.29) is 12.1 Å². The van der Waals surface area contributed by atoms with Crippen LogP contribution in [-0.4, -0.2) is 33.5 Å². The Balaban J connectivity index is 1.81. The summed E-state index contributed by atoms with van der Waals surface area (Å²) in [6.45, 7) is 1.90. The van der Waals surface area contributed by atoms with Crippen LogP contribution in [0.25, 0.3) is 10.6 Å². The zero-order chi connectivity index (χ0) is 20.0. The number of rotatable bonds is 3. The molecule has 0 aliphatic carbocycles. The maximum atomic E-state index is 13.0. The molecule has 27 heavy (non-hydrogen) atoms. The van der Waals surface area contributed by atoms with Crippen LogP contribution in [-0.2, 0) is 16.0 Å². The van der Waals surface area contributed by atoms with Crippen LogP contribution < -0.4 is 0 Å². The molecule has 0 saturated carbocycles. The number of alkyl halides is 6. The van der Waals surface area contributed by atoms with E-state index in [1.54, 1.807) is 12.1 Å². The molecule has 2 aromatic rings. The number of thiazole rings is 1. The molecule has 0 N–H and O–H groups in total. The molecule has 1 aromatic heterocycles. The predicted octanol–water partition coefficient (Wildman–Crippen LogP) is 5.14.